The van der Waals surface area contributed by atoms with Gasteiger partial charge in [-0.05, 0) is 88.6 Å². The first kappa shape index (κ1) is 20.7. The number of amides is 1. The molecule has 1 spiro atoms. The quantitative estimate of drug-likeness (QED) is 0.681. The average molecular weight is 387 g/mol. The molecule has 3 rings (SSSR count). The second-order valence-electron chi connectivity index (χ2n) is 9.18. The maximum Gasteiger partial charge on any atom is 0.410 e. The Hall–Kier alpha value is -2.04. The first-order chi connectivity index (χ1) is 13.2. The van der Waals surface area contributed by atoms with E-state index in [1.54, 1.807) is 7.11 Å². The van der Waals surface area contributed by atoms with Gasteiger partial charge < -0.3 is 14.4 Å². The Bertz CT molecular complexity index is 710. The number of hydrogen-bond acceptors (Lipinski definition) is 4. The molecule has 1 aliphatic heterocycles. The number of methoxy groups -OCH3 is 1. The summed E-state index contributed by atoms with van der Waals surface area (Å²) in [6.07, 6.45) is 5.40. The lowest BCUT2D eigenvalue weighted by Crippen LogP contribution is -2.47. The summed E-state index contributed by atoms with van der Waals surface area (Å²) in [7, 11) is 1.68. The first-order valence-corrected chi connectivity index (χ1v) is 10.4. The molecule has 0 N–H and O–H groups in total. The molecule has 2 aliphatic rings. The Balaban J connectivity index is 1.66. The summed E-state index contributed by atoms with van der Waals surface area (Å²) in [5.74, 6) is 0.864. The summed E-state index contributed by atoms with van der Waals surface area (Å²) in [6.45, 7) is 9.38. The van der Waals surface area contributed by atoms with Crippen LogP contribution in [0, 0.1) is 5.41 Å². The predicted octanol–water partition coefficient (Wildman–Crippen LogP) is 5.07. The van der Waals surface area contributed by atoms with E-state index >= 15 is 0 Å². The zero-order valence-electron chi connectivity index (χ0n) is 18.0. The van der Waals surface area contributed by atoms with Gasteiger partial charge in [0.15, 0.2) is 0 Å². The van der Waals surface area contributed by atoms with E-state index < -0.39 is 5.60 Å². The molecule has 1 saturated heterocycles. The van der Waals surface area contributed by atoms with Crippen molar-refractivity contribution in [1.29, 1.82) is 0 Å². The highest BCUT2D eigenvalue weighted by atomic mass is 16.6. The molecule has 1 aromatic rings. The average Bonchev–Trinajstić information content (AvgIpc) is 3.02. The van der Waals surface area contributed by atoms with E-state index in [1.165, 1.54) is 12.8 Å². The number of ether oxygens (including phenoxy) is 2. The highest BCUT2D eigenvalue weighted by Gasteiger charge is 2.45. The lowest BCUT2D eigenvalue weighted by atomic mass is 9.74. The van der Waals surface area contributed by atoms with Gasteiger partial charge in [-0.3, -0.25) is 4.99 Å². The third kappa shape index (κ3) is 4.68. The SMILES string of the molecule is COc1ccc(C(C)=NC2CCCC23CCN(C(=O)OC(C)(C)C)CC3)cc1. The van der Waals surface area contributed by atoms with Crippen LogP contribution in [-0.2, 0) is 4.74 Å². The monoisotopic (exact) mass is 386 g/mol. The highest BCUT2D eigenvalue weighted by molar-refractivity contribution is 5.98. The third-order valence-corrected chi connectivity index (χ3v) is 6.13. The van der Waals surface area contributed by atoms with E-state index in [1.807, 2.05) is 37.8 Å². The largest absolute Gasteiger partial charge is 0.497 e. The van der Waals surface area contributed by atoms with Crippen molar-refractivity contribution < 1.29 is 14.3 Å². The van der Waals surface area contributed by atoms with Crippen molar-refractivity contribution in [2.45, 2.75) is 71.4 Å². The number of hydrogen-bond donors (Lipinski definition) is 0. The van der Waals surface area contributed by atoms with Gasteiger partial charge in [-0.2, -0.15) is 0 Å². The molecule has 154 valence electrons. The van der Waals surface area contributed by atoms with Crippen molar-refractivity contribution in [3.63, 3.8) is 0 Å². The number of nitrogens with zero attached hydrogens (tertiary/aromatic N) is 2. The van der Waals surface area contributed by atoms with Gasteiger partial charge in [0.1, 0.15) is 11.4 Å². The van der Waals surface area contributed by atoms with Crippen molar-refractivity contribution in [2.75, 3.05) is 20.2 Å². The molecule has 1 amide bonds. The zero-order chi connectivity index (χ0) is 20.4. The van der Waals surface area contributed by atoms with Crippen LogP contribution < -0.4 is 4.74 Å². The van der Waals surface area contributed by atoms with Gasteiger partial charge in [-0.15, -0.1) is 0 Å². The van der Waals surface area contributed by atoms with Gasteiger partial charge in [0, 0.05) is 18.8 Å². The van der Waals surface area contributed by atoms with Gasteiger partial charge in [-0.25, -0.2) is 4.79 Å². The fraction of sp³-hybridized carbons (Fsp3) is 0.652. The molecule has 0 bridgehead atoms. The Morgan fingerprint density at radius 2 is 1.79 bits per heavy atom. The Morgan fingerprint density at radius 1 is 1.14 bits per heavy atom. The summed E-state index contributed by atoms with van der Waals surface area (Å²) in [4.78, 5) is 19.4. The number of aliphatic imine (C=N–C) groups is 1. The smallest absolute Gasteiger partial charge is 0.410 e. The van der Waals surface area contributed by atoms with Crippen molar-refractivity contribution in [2.24, 2.45) is 10.4 Å². The van der Waals surface area contributed by atoms with Crippen molar-refractivity contribution in [1.82, 2.24) is 4.90 Å². The lowest BCUT2D eigenvalue weighted by molar-refractivity contribution is 0.00896. The van der Waals surface area contributed by atoms with E-state index in [9.17, 15) is 4.79 Å². The summed E-state index contributed by atoms with van der Waals surface area (Å²) in [5, 5.41) is 0. The van der Waals surface area contributed by atoms with Crippen LogP contribution >= 0.6 is 0 Å². The van der Waals surface area contributed by atoms with Crippen LogP contribution in [0.15, 0.2) is 29.3 Å². The van der Waals surface area contributed by atoms with Crippen LogP contribution in [0.5, 0.6) is 5.75 Å². The predicted molar refractivity (Wildman–Crippen MR) is 112 cm³/mol. The normalized spacial score (nSPS) is 22.4. The van der Waals surface area contributed by atoms with Crippen molar-refractivity contribution >= 4 is 11.8 Å². The van der Waals surface area contributed by atoms with Crippen LogP contribution in [0.1, 0.15) is 65.4 Å². The van der Waals surface area contributed by atoms with Gasteiger partial charge >= 0.3 is 6.09 Å². The maximum absolute atomic E-state index is 12.4. The van der Waals surface area contributed by atoms with E-state index in [0.717, 1.165) is 49.4 Å². The number of likely N-dealkylation sites (tertiary alicyclic amines) is 1. The minimum Gasteiger partial charge on any atom is -0.497 e. The first-order valence-electron chi connectivity index (χ1n) is 10.4. The Morgan fingerprint density at radius 3 is 2.36 bits per heavy atom. The second-order valence-corrected chi connectivity index (χ2v) is 9.18. The number of rotatable bonds is 3. The minimum atomic E-state index is -0.443. The van der Waals surface area contributed by atoms with E-state index in [4.69, 9.17) is 14.5 Å². The van der Waals surface area contributed by atoms with Crippen LogP contribution in [0.3, 0.4) is 0 Å². The molecule has 1 aliphatic carbocycles. The van der Waals surface area contributed by atoms with E-state index in [0.29, 0.717) is 6.04 Å². The molecule has 0 aromatic heterocycles. The standard InChI is InChI=1S/C23H34N2O3/c1-17(18-8-10-19(27-5)11-9-18)24-20-7-6-12-23(20)13-15-25(16-14-23)21(26)28-22(2,3)4/h8-11,20H,6-7,12-16H2,1-5H3. The number of carbonyl (C=O) groups excluding carboxylic acids is 1. The summed E-state index contributed by atoms with van der Waals surface area (Å²) in [6, 6.07) is 8.46. The zero-order valence-corrected chi connectivity index (χ0v) is 18.0. The molecule has 1 heterocycles. The van der Waals surface area contributed by atoms with Crippen LogP contribution in [0.2, 0.25) is 0 Å². The van der Waals surface area contributed by atoms with E-state index in [2.05, 4.69) is 19.1 Å². The second kappa shape index (κ2) is 8.14. The molecule has 5 nitrogen and oxygen atoms in total. The molecule has 2 fully saturated rings. The molecular weight excluding hydrogens is 352 g/mol. The number of piperidine rings is 1. The molecule has 1 atom stereocenters. The van der Waals surface area contributed by atoms with Crippen molar-refractivity contribution in [3.8, 4) is 5.75 Å². The number of benzene rings is 1. The van der Waals surface area contributed by atoms with Gasteiger partial charge in [0.25, 0.3) is 0 Å². The molecule has 0 radical (unpaired) electrons. The molecule has 28 heavy (non-hydrogen) atoms. The maximum atomic E-state index is 12.4. The molecule has 1 saturated carbocycles. The fourth-order valence-corrected chi connectivity index (χ4v) is 4.51. The van der Waals surface area contributed by atoms with E-state index in [-0.39, 0.29) is 11.5 Å². The van der Waals surface area contributed by atoms with Crippen LogP contribution in [-0.4, -0.2) is 48.5 Å². The highest BCUT2D eigenvalue weighted by Crippen LogP contribution is 2.48. The summed E-state index contributed by atoms with van der Waals surface area (Å²) >= 11 is 0. The molecule has 5 heteroatoms. The van der Waals surface area contributed by atoms with Gasteiger partial charge in [0.05, 0.1) is 13.2 Å². The number of carbonyl (C=O) groups is 1. The third-order valence-electron chi connectivity index (χ3n) is 6.13. The van der Waals surface area contributed by atoms with Crippen LogP contribution in [0.4, 0.5) is 4.79 Å². The Labute approximate surface area is 169 Å². The molecule has 1 unspecified atom stereocenters. The van der Waals surface area contributed by atoms with Crippen molar-refractivity contribution in [3.05, 3.63) is 29.8 Å². The molecular formula is C23H34N2O3. The Kier molecular flexibility index (Phi) is 6.01. The topological polar surface area (TPSA) is 51.1 Å². The summed E-state index contributed by atoms with van der Waals surface area (Å²) in [5.41, 5.74) is 2.02. The minimum absolute atomic E-state index is 0.185. The lowest BCUT2D eigenvalue weighted by Gasteiger charge is -2.42. The van der Waals surface area contributed by atoms with Gasteiger partial charge in [0.2, 0.25) is 0 Å². The van der Waals surface area contributed by atoms with Gasteiger partial charge in [-0.1, -0.05) is 6.42 Å². The fourth-order valence-electron chi connectivity index (χ4n) is 4.51. The molecule has 1 aromatic carbocycles. The van der Waals surface area contributed by atoms with Crippen LogP contribution in [0.25, 0.3) is 0 Å². The summed E-state index contributed by atoms with van der Waals surface area (Å²) < 4.78 is 10.8.